The lowest BCUT2D eigenvalue weighted by atomic mass is 10.1. The summed E-state index contributed by atoms with van der Waals surface area (Å²) >= 11 is 1.49. The normalized spacial score (nSPS) is 16.9. The Kier molecular flexibility index (Phi) is 4.38. The number of aromatic amines is 1. The van der Waals surface area contributed by atoms with Gasteiger partial charge < -0.3 is 10.1 Å². The summed E-state index contributed by atoms with van der Waals surface area (Å²) in [7, 11) is 0. The van der Waals surface area contributed by atoms with Crippen molar-refractivity contribution in [3.63, 3.8) is 0 Å². The summed E-state index contributed by atoms with van der Waals surface area (Å²) in [6, 6.07) is 13.8. The number of aromatic nitrogens is 2. The second kappa shape index (κ2) is 6.82. The summed E-state index contributed by atoms with van der Waals surface area (Å²) in [6.45, 7) is 2.76. The van der Waals surface area contributed by atoms with E-state index in [-0.39, 0.29) is 12.0 Å². The van der Waals surface area contributed by atoms with Crippen LogP contribution in [0.4, 0.5) is 5.82 Å². The number of thiophene rings is 1. The van der Waals surface area contributed by atoms with Gasteiger partial charge in [0, 0.05) is 17.0 Å². The Balaban J connectivity index is 1.51. The zero-order valence-electron chi connectivity index (χ0n) is 13.9. The van der Waals surface area contributed by atoms with Crippen LogP contribution in [0.1, 0.15) is 39.1 Å². The van der Waals surface area contributed by atoms with Gasteiger partial charge in [0.15, 0.2) is 5.82 Å². The monoisotopic (exact) mass is 353 g/mol. The van der Waals surface area contributed by atoms with Crippen LogP contribution < -0.4 is 5.32 Å². The molecule has 0 bridgehead atoms. The first-order valence-electron chi connectivity index (χ1n) is 8.35. The fraction of sp³-hybridized carbons (Fsp3) is 0.263. The summed E-state index contributed by atoms with van der Waals surface area (Å²) in [4.78, 5) is 14.3. The number of amides is 1. The summed E-state index contributed by atoms with van der Waals surface area (Å²) in [5.41, 5.74) is 2.89. The number of carbonyl (C=O) groups excluding carboxylic acids is 1. The van der Waals surface area contributed by atoms with E-state index in [9.17, 15) is 4.79 Å². The van der Waals surface area contributed by atoms with Crippen molar-refractivity contribution in [3.05, 3.63) is 57.8 Å². The molecule has 25 heavy (non-hydrogen) atoms. The van der Waals surface area contributed by atoms with Gasteiger partial charge in [-0.05, 0) is 37.5 Å². The van der Waals surface area contributed by atoms with Crippen LogP contribution in [0.2, 0.25) is 0 Å². The second-order valence-corrected chi connectivity index (χ2v) is 7.21. The molecule has 0 spiro atoms. The second-order valence-electron chi connectivity index (χ2n) is 6.10. The maximum Gasteiger partial charge on any atom is 0.266 e. The van der Waals surface area contributed by atoms with Gasteiger partial charge in [-0.25, -0.2) is 0 Å². The number of nitrogens with one attached hydrogen (secondary N) is 2. The van der Waals surface area contributed by atoms with Crippen molar-refractivity contribution in [1.29, 1.82) is 0 Å². The Morgan fingerprint density at radius 3 is 2.88 bits per heavy atom. The Morgan fingerprint density at radius 2 is 2.12 bits per heavy atom. The van der Waals surface area contributed by atoms with Gasteiger partial charge in [0.05, 0.1) is 16.7 Å². The number of anilines is 1. The van der Waals surface area contributed by atoms with E-state index < -0.39 is 0 Å². The zero-order chi connectivity index (χ0) is 17.2. The number of hydrogen-bond acceptors (Lipinski definition) is 4. The number of H-pyrrole nitrogens is 1. The summed E-state index contributed by atoms with van der Waals surface area (Å²) in [5, 5.41) is 10.2. The number of hydrogen-bond donors (Lipinski definition) is 2. The van der Waals surface area contributed by atoms with Crippen LogP contribution in [-0.4, -0.2) is 22.7 Å². The van der Waals surface area contributed by atoms with Crippen LogP contribution in [0.25, 0.3) is 11.3 Å². The minimum absolute atomic E-state index is 0.136. The number of nitrogens with zero attached hydrogens (tertiary/aromatic N) is 1. The lowest BCUT2D eigenvalue weighted by Gasteiger charge is -2.05. The third-order valence-electron chi connectivity index (χ3n) is 4.40. The van der Waals surface area contributed by atoms with Crippen molar-refractivity contribution >= 4 is 23.1 Å². The van der Waals surface area contributed by atoms with Crippen LogP contribution in [0, 0.1) is 6.92 Å². The van der Waals surface area contributed by atoms with Crippen LogP contribution in [0.15, 0.2) is 42.5 Å². The molecule has 128 valence electrons. The average molecular weight is 353 g/mol. The molecule has 4 rings (SSSR count). The van der Waals surface area contributed by atoms with E-state index in [1.807, 2.05) is 49.4 Å². The fourth-order valence-electron chi connectivity index (χ4n) is 3.02. The predicted molar refractivity (Wildman–Crippen MR) is 99.0 cm³/mol. The van der Waals surface area contributed by atoms with Crippen molar-refractivity contribution in [1.82, 2.24) is 10.2 Å². The first kappa shape index (κ1) is 16.1. The lowest BCUT2D eigenvalue weighted by molar-refractivity contribution is 0.103. The summed E-state index contributed by atoms with van der Waals surface area (Å²) < 4.78 is 5.68. The molecule has 6 heteroatoms. The molecule has 1 saturated heterocycles. The molecule has 5 nitrogen and oxygen atoms in total. The van der Waals surface area contributed by atoms with Gasteiger partial charge in [-0.2, -0.15) is 5.10 Å². The van der Waals surface area contributed by atoms with E-state index in [0.29, 0.717) is 10.7 Å². The third kappa shape index (κ3) is 3.23. The molecule has 0 saturated carbocycles. The van der Waals surface area contributed by atoms with Crippen molar-refractivity contribution in [3.8, 4) is 11.3 Å². The Morgan fingerprint density at radius 1 is 1.28 bits per heavy atom. The first-order valence-corrected chi connectivity index (χ1v) is 9.17. The van der Waals surface area contributed by atoms with Crippen LogP contribution in [-0.2, 0) is 4.74 Å². The van der Waals surface area contributed by atoms with E-state index >= 15 is 0 Å². The van der Waals surface area contributed by atoms with Gasteiger partial charge in [-0.1, -0.05) is 30.3 Å². The molecule has 1 atom stereocenters. The molecule has 2 N–H and O–H groups in total. The third-order valence-corrected chi connectivity index (χ3v) is 5.58. The Labute approximate surface area is 150 Å². The number of benzene rings is 1. The van der Waals surface area contributed by atoms with E-state index in [2.05, 4.69) is 15.5 Å². The Bertz CT molecular complexity index is 879. The molecule has 3 aromatic rings. The maximum atomic E-state index is 12.5. The quantitative estimate of drug-likeness (QED) is 0.723. The van der Waals surface area contributed by atoms with E-state index in [0.717, 1.165) is 41.1 Å². The minimum Gasteiger partial charge on any atom is -0.373 e. The molecule has 1 fully saturated rings. The first-order chi connectivity index (χ1) is 12.2. The van der Waals surface area contributed by atoms with Crippen LogP contribution >= 0.6 is 11.3 Å². The standard InChI is InChI=1S/C19H19N3O2S/c1-12-17(13-6-3-2-4-7-13)21-22-18(12)20-19(23)16-10-9-15(25-16)14-8-5-11-24-14/h2-4,6-7,9-10,14H,5,8,11H2,1H3,(H2,20,21,22,23). The summed E-state index contributed by atoms with van der Waals surface area (Å²) in [5.74, 6) is 0.430. The average Bonchev–Trinajstić information content (AvgIpc) is 3.37. The van der Waals surface area contributed by atoms with E-state index in [1.165, 1.54) is 11.3 Å². The SMILES string of the molecule is Cc1c(NC(=O)c2ccc(C3CCCO3)s2)n[nH]c1-c1ccccc1. The van der Waals surface area contributed by atoms with Gasteiger partial charge in [-0.15, -0.1) is 11.3 Å². The molecule has 1 unspecified atom stereocenters. The van der Waals surface area contributed by atoms with Crippen molar-refractivity contribution in [2.24, 2.45) is 0 Å². The van der Waals surface area contributed by atoms with Crippen molar-refractivity contribution < 1.29 is 9.53 Å². The van der Waals surface area contributed by atoms with Crippen LogP contribution in [0.3, 0.4) is 0 Å². The molecule has 0 radical (unpaired) electrons. The van der Waals surface area contributed by atoms with Gasteiger partial charge in [0.2, 0.25) is 0 Å². The van der Waals surface area contributed by atoms with Gasteiger partial charge >= 0.3 is 0 Å². The highest BCUT2D eigenvalue weighted by Gasteiger charge is 2.21. The molecule has 2 aromatic heterocycles. The minimum atomic E-state index is -0.136. The molecule has 1 aliphatic rings. The molecule has 3 heterocycles. The number of ether oxygens (including phenoxy) is 1. The highest BCUT2D eigenvalue weighted by atomic mass is 32.1. The molecule has 1 aromatic carbocycles. The van der Waals surface area contributed by atoms with E-state index in [1.54, 1.807) is 0 Å². The molecular weight excluding hydrogens is 334 g/mol. The van der Waals surface area contributed by atoms with Gasteiger partial charge in [-0.3, -0.25) is 9.89 Å². The van der Waals surface area contributed by atoms with Gasteiger partial charge in [0.1, 0.15) is 0 Å². The molecule has 1 aliphatic heterocycles. The highest BCUT2D eigenvalue weighted by molar-refractivity contribution is 7.14. The zero-order valence-corrected chi connectivity index (χ0v) is 14.7. The lowest BCUT2D eigenvalue weighted by Crippen LogP contribution is -2.11. The number of carbonyl (C=O) groups is 1. The predicted octanol–water partition coefficient (Wildman–Crippen LogP) is 4.55. The maximum absolute atomic E-state index is 12.5. The van der Waals surface area contributed by atoms with Crippen molar-refractivity contribution in [2.45, 2.75) is 25.9 Å². The van der Waals surface area contributed by atoms with Crippen molar-refractivity contribution in [2.75, 3.05) is 11.9 Å². The van der Waals surface area contributed by atoms with E-state index in [4.69, 9.17) is 4.74 Å². The Hall–Kier alpha value is -2.44. The molecule has 1 amide bonds. The number of rotatable bonds is 4. The summed E-state index contributed by atoms with van der Waals surface area (Å²) in [6.07, 6.45) is 2.25. The smallest absolute Gasteiger partial charge is 0.266 e. The molecule has 0 aliphatic carbocycles. The van der Waals surface area contributed by atoms with Crippen LogP contribution in [0.5, 0.6) is 0 Å². The largest absolute Gasteiger partial charge is 0.373 e. The van der Waals surface area contributed by atoms with Gasteiger partial charge in [0.25, 0.3) is 5.91 Å². The highest BCUT2D eigenvalue weighted by Crippen LogP contribution is 2.33. The molecular formula is C19H19N3O2S. The fourth-order valence-corrected chi connectivity index (χ4v) is 4.01. The topological polar surface area (TPSA) is 67.0 Å².